The molecule has 4 rings (SSSR count). The smallest absolute Gasteiger partial charge is 0.305 e. The van der Waals surface area contributed by atoms with Gasteiger partial charge in [0.25, 0.3) is 11.8 Å². The van der Waals surface area contributed by atoms with Crippen LogP contribution in [0.2, 0.25) is 0 Å². The molecule has 3 atom stereocenters. The molecule has 2 N–H and O–H groups in total. The van der Waals surface area contributed by atoms with Gasteiger partial charge in [-0.25, -0.2) is 4.39 Å². The number of carboxylic acids is 1. The minimum absolute atomic E-state index is 0.0887. The fourth-order valence-electron chi connectivity index (χ4n) is 4.10. The van der Waals surface area contributed by atoms with E-state index in [1.807, 2.05) is 0 Å². The number of ether oxygens (including phenoxy) is 2. The van der Waals surface area contributed by atoms with Crippen molar-refractivity contribution in [2.75, 3.05) is 19.0 Å². The van der Waals surface area contributed by atoms with Crippen LogP contribution in [0.4, 0.5) is 10.1 Å². The van der Waals surface area contributed by atoms with Gasteiger partial charge in [-0.2, -0.15) is 0 Å². The molecule has 2 aliphatic rings. The molecule has 0 bridgehead atoms. The Morgan fingerprint density at radius 3 is 2.66 bits per heavy atom. The molecule has 9 heteroatoms. The molecular weight excluding hydrogens is 419 g/mol. The Hall–Kier alpha value is -3.46. The van der Waals surface area contributed by atoms with Crippen molar-refractivity contribution in [1.29, 1.82) is 0 Å². The van der Waals surface area contributed by atoms with Gasteiger partial charge in [-0.05, 0) is 55.3 Å². The summed E-state index contributed by atoms with van der Waals surface area (Å²) in [6.07, 6.45) is 0.196. The van der Waals surface area contributed by atoms with Crippen molar-refractivity contribution in [2.24, 2.45) is 0 Å². The number of fused-ring (bicyclic) bond motifs is 2. The molecule has 2 aliphatic heterocycles. The van der Waals surface area contributed by atoms with Gasteiger partial charge < -0.3 is 24.8 Å². The first-order valence-corrected chi connectivity index (χ1v) is 10.3. The Bertz CT molecular complexity index is 1040. The quantitative estimate of drug-likeness (QED) is 0.754. The van der Waals surface area contributed by atoms with Gasteiger partial charge >= 0.3 is 5.97 Å². The number of hydrogen-bond donors (Lipinski definition) is 2. The molecule has 0 unspecified atom stereocenters. The zero-order valence-electron chi connectivity index (χ0n) is 17.4. The van der Waals surface area contributed by atoms with E-state index in [9.17, 15) is 18.8 Å². The number of nitrogens with zero attached hydrogens (tertiary/aromatic N) is 1. The number of carbonyl (C=O) groups is 3. The van der Waals surface area contributed by atoms with Gasteiger partial charge in [0.05, 0.1) is 24.1 Å². The second kappa shape index (κ2) is 8.96. The number of halogens is 1. The second-order valence-corrected chi connectivity index (χ2v) is 7.94. The molecule has 2 aromatic rings. The van der Waals surface area contributed by atoms with Crippen LogP contribution in [0.3, 0.4) is 0 Å². The maximum Gasteiger partial charge on any atom is 0.305 e. The van der Waals surface area contributed by atoms with E-state index in [4.69, 9.17) is 14.6 Å². The standard InChI is InChI=1S/C23H23FN2O6/c1-26-18-8-7-16(11-21(27)28)32-20(18)12-31-19-9-6-15(10-17(19)23(26)30)25-22(29)13-2-4-14(24)5-3-13/h2-6,9-10,16,18,20H,7-8,11-12H2,1H3,(H,25,29)(H,27,28)/t16-,18-,20-/m1/s1. The average molecular weight is 442 g/mol. The van der Waals surface area contributed by atoms with Crippen LogP contribution in [0.25, 0.3) is 0 Å². The van der Waals surface area contributed by atoms with Crippen LogP contribution < -0.4 is 10.1 Å². The van der Waals surface area contributed by atoms with Crippen LogP contribution in [0.15, 0.2) is 42.5 Å². The number of rotatable bonds is 4. The Balaban J connectivity index is 1.53. The molecule has 32 heavy (non-hydrogen) atoms. The van der Waals surface area contributed by atoms with Crippen molar-refractivity contribution in [1.82, 2.24) is 4.90 Å². The van der Waals surface area contributed by atoms with Crippen LogP contribution >= 0.6 is 0 Å². The number of aliphatic carboxylic acids is 1. The predicted molar refractivity (Wildman–Crippen MR) is 112 cm³/mol. The molecular formula is C23H23FN2O6. The Labute approximate surface area is 183 Å². The summed E-state index contributed by atoms with van der Waals surface area (Å²) in [5.74, 6) is -1.72. The Morgan fingerprint density at radius 2 is 1.94 bits per heavy atom. The van der Waals surface area contributed by atoms with Crippen molar-refractivity contribution in [2.45, 2.75) is 37.5 Å². The number of nitrogens with one attached hydrogen (secondary N) is 1. The summed E-state index contributed by atoms with van der Waals surface area (Å²) in [6, 6.07) is 9.66. The van der Waals surface area contributed by atoms with E-state index in [1.54, 1.807) is 30.1 Å². The topological polar surface area (TPSA) is 105 Å². The number of carboxylic acid groups (broad SMARTS) is 1. The molecule has 2 heterocycles. The molecule has 2 amide bonds. The van der Waals surface area contributed by atoms with Crippen molar-refractivity contribution < 1.29 is 33.4 Å². The van der Waals surface area contributed by atoms with Crippen molar-refractivity contribution >= 4 is 23.5 Å². The molecule has 0 spiro atoms. The molecule has 8 nitrogen and oxygen atoms in total. The molecule has 0 aromatic heterocycles. The summed E-state index contributed by atoms with van der Waals surface area (Å²) in [4.78, 5) is 38.2. The highest BCUT2D eigenvalue weighted by Crippen LogP contribution is 2.32. The van der Waals surface area contributed by atoms with Gasteiger partial charge in [0.2, 0.25) is 0 Å². The number of likely N-dealkylation sites (N-methyl/N-ethyl adjacent to an activating group) is 1. The second-order valence-electron chi connectivity index (χ2n) is 7.94. The minimum atomic E-state index is -0.926. The van der Waals surface area contributed by atoms with Gasteiger partial charge in [-0.15, -0.1) is 0 Å². The zero-order valence-corrected chi connectivity index (χ0v) is 17.4. The predicted octanol–water partition coefficient (Wildman–Crippen LogP) is 2.93. The summed E-state index contributed by atoms with van der Waals surface area (Å²) in [7, 11) is 1.68. The summed E-state index contributed by atoms with van der Waals surface area (Å²) in [5, 5.41) is 11.7. The van der Waals surface area contributed by atoms with Gasteiger partial charge in [0, 0.05) is 18.3 Å². The number of anilines is 1. The first kappa shape index (κ1) is 21.8. The molecule has 0 radical (unpaired) electrons. The largest absolute Gasteiger partial charge is 0.490 e. The zero-order chi connectivity index (χ0) is 22.8. The van der Waals surface area contributed by atoms with Gasteiger partial charge in [0.15, 0.2) is 0 Å². The Kier molecular flexibility index (Phi) is 6.09. The summed E-state index contributed by atoms with van der Waals surface area (Å²) in [6.45, 7) is 0.173. The van der Waals surface area contributed by atoms with E-state index in [-0.39, 0.29) is 30.5 Å². The van der Waals surface area contributed by atoms with Gasteiger partial charge in [-0.1, -0.05) is 0 Å². The van der Waals surface area contributed by atoms with E-state index in [2.05, 4.69) is 5.32 Å². The molecule has 168 valence electrons. The number of amides is 2. The number of carbonyl (C=O) groups excluding carboxylic acids is 2. The van der Waals surface area contributed by atoms with Crippen LogP contribution in [0.5, 0.6) is 5.75 Å². The van der Waals surface area contributed by atoms with E-state index < -0.39 is 29.9 Å². The van der Waals surface area contributed by atoms with Gasteiger partial charge in [-0.3, -0.25) is 14.4 Å². The third-order valence-electron chi connectivity index (χ3n) is 5.78. The first-order chi connectivity index (χ1) is 15.3. The third kappa shape index (κ3) is 4.57. The highest BCUT2D eigenvalue weighted by atomic mass is 19.1. The van der Waals surface area contributed by atoms with Crippen molar-refractivity contribution in [3.05, 3.63) is 59.4 Å². The SMILES string of the molecule is CN1C(=O)c2cc(NC(=O)c3ccc(F)cc3)ccc2OC[C@H]2O[C@@H](CC(=O)O)CC[C@H]21. The molecule has 0 saturated carbocycles. The summed E-state index contributed by atoms with van der Waals surface area (Å²) in [5.41, 5.74) is 0.994. The number of benzene rings is 2. The van der Waals surface area contributed by atoms with Crippen LogP contribution in [0, 0.1) is 5.82 Å². The van der Waals surface area contributed by atoms with Crippen LogP contribution in [0.1, 0.15) is 40.0 Å². The van der Waals surface area contributed by atoms with Gasteiger partial charge in [0.1, 0.15) is 24.3 Å². The fraction of sp³-hybridized carbons (Fsp3) is 0.348. The van der Waals surface area contributed by atoms with E-state index in [0.717, 1.165) is 0 Å². The highest BCUT2D eigenvalue weighted by molar-refractivity contribution is 6.05. The van der Waals surface area contributed by atoms with Crippen molar-refractivity contribution in [3.63, 3.8) is 0 Å². The fourth-order valence-corrected chi connectivity index (χ4v) is 4.10. The molecule has 1 fully saturated rings. The van der Waals surface area contributed by atoms with Crippen LogP contribution in [-0.4, -0.2) is 59.7 Å². The number of hydrogen-bond acceptors (Lipinski definition) is 5. The molecule has 0 aliphatic carbocycles. The van der Waals surface area contributed by atoms with E-state index in [1.165, 1.54) is 24.3 Å². The molecule has 1 saturated heterocycles. The normalized spacial score (nSPS) is 22.6. The highest BCUT2D eigenvalue weighted by Gasteiger charge is 2.39. The maximum absolute atomic E-state index is 13.2. The molecule has 2 aromatic carbocycles. The lowest BCUT2D eigenvalue weighted by molar-refractivity contribution is -0.148. The van der Waals surface area contributed by atoms with E-state index in [0.29, 0.717) is 29.8 Å². The Morgan fingerprint density at radius 1 is 1.19 bits per heavy atom. The summed E-state index contributed by atoms with van der Waals surface area (Å²) >= 11 is 0. The lowest BCUT2D eigenvalue weighted by Gasteiger charge is -2.42. The lowest BCUT2D eigenvalue weighted by atomic mass is 9.94. The third-order valence-corrected chi connectivity index (χ3v) is 5.78. The summed E-state index contributed by atoms with van der Waals surface area (Å²) < 4.78 is 24.9. The maximum atomic E-state index is 13.2. The minimum Gasteiger partial charge on any atom is -0.490 e. The monoisotopic (exact) mass is 442 g/mol. The van der Waals surface area contributed by atoms with E-state index >= 15 is 0 Å². The first-order valence-electron chi connectivity index (χ1n) is 10.3. The lowest BCUT2D eigenvalue weighted by Crippen LogP contribution is -2.53. The average Bonchev–Trinajstić information content (AvgIpc) is 2.76. The van der Waals surface area contributed by atoms with Crippen molar-refractivity contribution in [3.8, 4) is 5.75 Å². The van der Waals surface area contributed by atoms with Crippen LogP contribution in [-0.2, 0) is 9.53 Å².